The van der Waals surface area contributed by atoms with Gasteiger partial charge in [-0.25, -0.2) is 12.8 Å². The number of anilines is 1. The van der Waals surface area contributed by atoms with Crippen LogP contribution >= 0.6 is 0 Å². The molecule has 1 aromatic heterocycles. The van der Waals surface area contributed by atoms with Crippen LogP contribution in [0.15, 0.2) is 71.8 Å². The van der Waals surface area contributed by atoms with Gasteiger partial charge in [0.25, 0.3) is 0 Å². The summed E-state index contributed by atoms with van der Waals surface area (Å²) < 4.78 is 43.8. The lowest BCUT2D eigenvalue weighted by Crippen LogP contribution is -2.42. The van der Waals surface area contributed by atoms with Crippen molar-refractivity contribution in [1.82, 2.24) is 8.87 Å². The standard InChI is InChI=1S/C21H20FN3O3S/c1-15(26)23-18-8-10-19(11-9-18)29(27,28)25-14-13-24-12-2-3-20(24)21(25)16-4-6-17(22)7-5-16/h2-12,21H,13-14H2,1H3,(H,23,26)/t21-/m0/s1. The minimum absolute atomic E-state index is 0.138. The first-order valence-electron chi connectivity index (χ1n) is 9.16. The Morgan fingerprint density at radius 2 is 1.72 bits per heavy atom. The van der Waals surface area contributed by atoms with E-state index in [1.54, 1.807) is 24.3 Å². The Balaban J connectivity index is 1.75. The molecule has 3 aromatic rings. The number of benzene rings is 2. The monoisotopic (exact) mass is 413 g/mol. The molecule has 1 aliphatic rings. The van der Waals surface area contributed by atoms with Gasteiger partial charge in [-0.2, -0.15) is 4.31 Å². The van der Waals surface area contributed by atoms with Crippen molar-refractivity contribution < 1.29 is 17.6 Å². The molecule has 0 fully saturated rings. The predicted octanol–water partition coefficient (Wildman–Crippen LogP) is 3.38. The van der Waals surface area contributed by atoms with Crippen LogP contribution in [-0.2, 0) is 21.4 Å². The minimum atomic E-state index is -3.82. The lowest BCUT2D eigenvalue weighted by atomic mass is 10.0. The molecular weight excluding hydrogens is 393 g/mol. The van der Waals surface area contributed by atoms with Crippen molar-refractivity contribution in [3.63, 3.8) is 0 Å². The molecule has 2 heterocycles. The summed E-state index contributed by atoms with van der Waals surface area (Å²) in [5.41, 5.74) is 2.06. The second-order valence-electron chi connectivity index (χ2n) is 6.90. The lowest BCUT2D eigenvalue weighted by molar-refractivity contribution is -0.114. The number of hydrogen-bond donors (Lipinski definition) is 1. The number of sulfonamides is 1. The summed E-state index contributed by atoms with van der Waals surface area (Å²) in [5, 5.41) is 2.63. The number of nitrogens with one attached hydrogen (secondary N) is 1. The Morgan fingerprint density at radius 3 is 2.38 bits per heavy atom. The fraction of sp³-hybridized carbons (Fsp3) is 0.190. The summed E-state index contributed by atoms with van der Waals surface area (Å²) in [5.74, 6) is -0.600. The average Bonchev–Trinajstić information content (AvgIpc) is 3.17. The zero-order valence-corrected chi connectivity index (χ0v) is 16.6. The molecule has 1 N–H and O–H groups in total. The summed E-state index contributed by atoms with van der Waals surface area (Å²) in [7, 11) is -3.82. The van der Waals surface area contributed by atoms with Crippen LogP contribution in [0.2, 0.25) is 0 Å². The highest BCUT2D eigenvalue weighted by Gasteiger charge is 2.37. The van der Waals surface area contributed by atoms with Crippen LogP contribution in [-0.4, -0.2) is 29.7 Å². The van der Waals surface area contributed by atoms with Crippen molar-refractivity contribution in [2.24, 2.45) is 0 Å². The fourth-order valence-corrected chi connectivity index (χ4v) is 5.23. The van der Waals surface area contributed by atoms with Gasteiger partial charge in [0.1, 0.15) is 5.82 Å². The summed E-state index contributed by atoms with van der Waals surface area (Å²) in [4.78, 5) is 11.3. The summed E-state index contributed by atoms with van der Waals surface area (Å²) in [6.45, 7) is 2.21. The number of nitrogens with zero attached hydrogens (tertiary/aromatic N) is 2. The maximum atomic E-state index is 13.5. The van der Waals surface area contributed by atoms with E-state index < -0.39 is 16.1 Å². The van der Waals surface area contributed by atoms with Gasteiger partial charge in [0.15, 0.2) is 0 Å². The van der Waals surface area contributed by atoms with E-state index in [1.165, 1.54) is 35.5 Å². The van der Waals surface area contributed by atoms with Crippen LogP contribution in [0.5, 0.6) is 0 Å². The van der Waals surface area contributed by atoms with E-state index in [1.807, 2.05) is 22.9 Å². The van der Waals surface area contributed by atoms with Gasteiger partial charge in [-0.15, -0.1) is 0 Å². The van der Waals surface area contributed by atoms with Crippen LogP contribution in [0.3, 0.4) is 0 Å². The third-order valence-corrected chi connectivity index (χ3v) is 6.84. The second kappa shape index (κ2) is 7.46. The molecule has 0 unspecified atom stereocenters. The summed E-state index contributed by atoms with van der Waals surface area (Å²) in [6, 6.07) is 15.2. The average molecular weight is 413 g/mol. The molecular formula is C21H20FN3O3S. The van der Waals surface area contributed by atoms with E-state index in [0.29, 0.717) is 24.3 Å². The molecule has 0 saturated carbocycles. The van der Waals surface area contributed by atoms with Gasteiger partial charge >= 0.3 is 0 Å². The van der Waals surface area contributed by atoms with Gasteiger partial charge in [-0.05, 0) is 54.1 Å². The SMILES string of the molecule is CC(=O)Nc1ccc(S(=O)(=O)N2CCn3cccc3[C@@H]2c2ccc(F)cc2)cc1. The Hall–Kier alpha value is -2.97. The maximum Gasteiger partial charge on any atom is 0.244 e. The molecule has 1 atom stereocenters. The highest BCUT2D eigenvalue weighted by Crippen LogP contribution is 2.36. The van der Waals surface area contributed by atoms with Crippen molar-refractivity contribution in [1.29, 1.82) is 0 Å². The molecule has 0 radical (unpaired) electrons. The van der Waals surface area contributed by atoms with E-state index in [2.05, 4.69) is 5.32 Å². The number of hydrogen-bond acceptors (Lipinski definition) is 3. The third-order valence-electron chi connectivity index (χ3n) is 4.96. The normalized spacial score (nSPS) is 17.0. The Bertz CT molecular complexity index is 1140. The van der Waals surface area contributed by atoms with Crippen LogP contribution in [0.1, 0.15) is 24.2 Å². The predicted molar refractivity (Wildman–Crippen MR) is 107 cm³/mol. The van der Waals surface area contributed by atoms with E-state index >= 15 is 0 Å². The van der Waals surface area contributed by atoms with Gasteiger partial charge in [0.05, 0.1) is 10.9 Å². The molecule has 2 aromatic carbocycles. The number of carbonyl (C=O) groups excluding carboxylic acids is 1. The maximum absolute atomic E-state index is 13.5. The molecule has 0 aliphatic carbocycles. The third kappa shape index (κ3) is 3.68. The quantitative estimate of drug-likeness (QED) is 0.713. The number of rotatable bonds is 4. The zero-order chi connectivity index (χ0) is 20.6. The van der Waals surface area contributed by atoms with Gasteiger partial charge in [0.2, 0.25) is 15.9 Å². The van der Waals surface area contributed by atoms with E-state index in [0.717, 1.165) is 5.69 Å². The van der Waals surface area contributed by atoms with Crippen molar-refractivity contribution in [3.8, 4) is 0 Å². The van der Waals surface area contributed by atoms with Crippen LogP contribution in [0, 0.1) is 5.82 Å². The van der Waals surface area contributed by atoms with Crippen molar-refractivity contribution in [2.75, 3.05) is 11.9 Å². The molecule has 4 rings (SSSR count). The number of carbonyl (C=O) groups is 1. The molecule has 0 saturated heterocycles. The summed E-state index contributed by atoms with van der Waals surface area (Å²) in [6.07, 6.45) is 1.91. The van der Waals surface area contributed by atoms with Crippen molar-refractivity contribution >= 4 is 21.6 Å². The topological polar surface area (TPSA) is 71.4 Å². The molecule has 0 spiro atoms. The minimum Gasteiger partial charge on any atom is -0.348 e. The van der Waals surface area contributed by atoms with Crippen LogP contribution < -0.4 is 5.32 Å². The van der Waals surface area contributed by atoms with Gasteiger partial charge < -0.3 is 9.88 Å². The molecule has 29 heavy (non-hydrogen) atoms. The Kier molecular flexibility index (Phi) is 4.97. The van der Waals surface area contributed by atoms with E-state index in [4.69, 9.17) is 0 Å². The second-order valence-corrected chi connectivity index (χ2v) is 8.79. The van der Waals surface area contributed by atoms with Gasteiger partial charge in [-0.1, -0.05) is 12.1 Å². The first kappa shape index (κ1) is 19.4. The summed E-state index contributed by atoms with van der Waals surface area (Å²) >= 11 is 0. The Labute approximate surface area is 168 Å². The van der Waals surface area contributed by atoms with E-state index in [9.17, 15) is 17.6 Å². The zero-order valence-electron chi connectivity index (χ0n) is 15.7. The molecule has 1 aliphatic heterocycles. The first-order valence-corrected chi connectivity index (χ1v) is 10.6. The fourth-order valence-electron chi connectivity index (χ4n) is 3.65. The lowest BCUT2D eigenvalue weighted by Gasteiger charge is -2.36. The number of halogens is 1. The molecule has 8 heteroatoms. The highest BCUT2D eigenvalue weighted by atomic mass is 32.2. The van der Waals surface area contributed by atoms with Crippen molar-refractivity contribution in [2.45, 2.75) is 24.4 Å². The van der Waals surface area contributed by atoms with Crippen LogP contribution in [0.25, 0.3) is 0 Å². The smallest absolute Gasteiger partial charge is 0.244 e. The van der Waals surface area contributed by atoms with E-state index in [-0.39, 0.29) is 16.6 Å². The molecule has 6 nitrogen and oxygen atoms in total. The largest absolute Gasteiger partial charge is 0.348 e. The number of aromatic nitrogens is 1. The van der Waals surface area contributed by atoms with Gasteiger partial charge in [-0.3, -0.25) is 4.79 Å². The van der Waals surface area contributed by atoms with Gasteiger partial charge in [0, 0.05) is 37.6 Å². The highest BCUT2D eigenvalue weighted by molar-refractivity contribution is 7.89. The molecule has 0 bridgehead atoms. The molecule has 150 valence electrons. The first-order chi connectivity index (χ1) is 13.9. The number of amides is 1. The number of fused-ring (bicyclic) bond motifs is 1. The van der Waals surface area contributed by atoms with Crippen molar-refractivity contribution in [3.05, 3.63) is 83.9 Å². The molecule has 1 amide bonds. The van der Waals surface area contributed by atoms with Crippen LogP contribution in [0.4, 0.5) is 10.1 Å². The Morgan fingerprint density at radius 1 is 1.03 bits per heavy atom.